The topological polar surface area (TPSA) is 64.0 Å². The van der Waals surface area contributed by atoms with Gasteiger partial charge in [0.15, 0.2) is 5.78 Å². The van der Waals surface area contributed by atoms with Crippen molar-refractivity contribution in [2.24, 2.45) is 0 Å². The molecular weight excluding hydrogens is 349 g/mol. The molecule has 0 saturated heterocycles. The number of carbonyl (C=O) groups is 2. The minimum Gasteiger partial charge on any atom is -0.354 e. The largest absolute Gasteiger partial charge is 0.354 e. The predicted octanol–water partition coefficient (Wildman–Crippen LogP) is 2.12. The number of ketones is 1. The SMILES string of the molecule is Bc1ccc(-n2nc3cc(/C=C/C(C)=O)c(C4CC4)cc3c2C(=O)NC)cc1. The van der Waals surface area contributed by atoms with Crippen molar-refractivity contribution in [3.63, 3.8) is 0 Å². The van der Waals surface area contributed by atoms with E-state index in [1.165, 1.54) is 5.56 Å². The minimum absolute atomic E-state index is 0.0121. The molecule has 5 nitrogen and oxygen atoms in total. The lowest BCUT2D eigenvalue weighted by molar-refractivity contribution is -0.112. The Morgan fingerprint density at radius 2 is 1.93 bits per heavy atom. The maximum Gasteiger partial charge on any atom is 0.270 e. The highest BCUT2D eigenvalue weighted by Gasteiger charge is 2.28. The minimum atomic E-state index is -0.170. The summed E-state index contributed by atoms with van der Waals surface area (Å²) < 4.78 is 1.71. The number of hydrogen-bond donors (Lipinski definition) is 1. The molecule has 1 N–H and O–H groups in total. The molecule has 1 heterocycles. The second-order valence-corrected chi connectivity index (χ2v) is 7.39. The van der Waals surface area contributed by atoms with Crippen molar-refractivity contribution in [3.8, 4) is 5.69 Å². The zero-order valence-electron chi connectivity index (χ0n) is 16.3. The Kier molecular flexibility index (Phi) is 4.63. The van der Waals surface area contributed by atoms with Crippen LogP contribution in [0.4, 0.5) is 0 Å². The van der Waals surface area contributed by atoms with Gasteiger partial charge in [0, 0.05) is 12.4 Å². The monoisotopic (exact) mass is 371 g/mol. The molecule has 6 heteroatoms. The zero-order valence-corrected chi connectivity index (χ0v) is 16.3. The van der Waals surface area contributed by atoms with E-state index in [1.807, 2.05) is 44.3 Å². The van der Waals surface area contributed by atoms with Gasteiger partial charge in [-0.1, -0.05) is 23.7 Å². The first-order valence-corrected chi connectivity index (χ1v) is 9.52. The zero-order chi connectivity index (χ0) is 19.8. The highest BCUT2D eigenvalue weighted by molar-refractivity contribution is 6.32. The van der Waals surface area contributed by atoms with Crippen LogP contribution in [-0.4, -0.2) is 36.4 Å². The molecule has 0 atom stereocenters. The van der Waals surface area contributed by atoms with E-state index in [-0.39, 0.29) is 11.7 Å². The maximum absolute atomic E-state index is 12.7. The van der Waals surface area contributed by atoms with Crippen LogP contribution >= 0.6 is 0 Å². The molecule has 0 radical (unpaired) electrons. The second kappa shape index (κ2) is 7.11. The van der Waals surface area contributed by atoms with Gasteiger partial charge >= 0.3 is 0 Å². The number of amides is 1. The number of benzene rings is 2. The van der Waals surface area contributed by atoms with Gasteiger partial charge < -0.3 is 5.32 Å². The molecule has 1 aliphatic carbocycles. The summed E-state index contributed by atoms with van der Waals surface area (Å²) in [5.74, 6) is 0.325. The second-order valence-electron chi connectivity index (χ2n) is 7.39. The van der Waals surface area contributed by atoms with Gasteiger partial charge in [0.25, 0.3) is 5.91 Å². The van der Waals surface area contributed by atoms with Crippen LogP contribution in [0, 0.1) is 0 Å². The van der Waals surface area contributed by atoms with Crippen molar-refractivity contribution < 1.29 is 9.59 Å². The smallest absolute Gasteiger partial charge is 0.270 e. The number of fused-ring (bicyclic) bond motifs is 1. The summed E-state index contributed by atoms with van der Waals surface area (Å²) in [4.78, 5) is 24.1. The van der Waals surface area contributed by atoms with Gasteiger partial charge in [-0.2, -0.15) is 5.10 Å². The van der Waals surface area contributed by atoms with Crippen LogP contribution in [0.25, 0.3) is 22.7 Å². The van der Waals surface area contributed by atoms with E-state index in [4.69, 9.17) is 5.10 Å². The summed E-state index contributed by atoms with van der Waals surface area (Å²) >= 11 is 0. The third-order valence-corrected chi connectivity index (χ3v) is 5.11. The van der Waals surface area contributed by atoms with Crippen molar-refractivity contribution in [3.05, 3.63) is 59.3 Å². The molecule has 140 valence electrons. The Labute approximate surface area is 164 Å². The van der Waals surface area contributed by atoms with Crippen molar-refractivity contribution in [2.45, 2.75) is 25.7 Å². The molecule has 3 aromatic rings. The van der Waals surface area contributed by atoms with E-state index in [2.05, 4.69) is 11.4 Å². The Morgan fingerprint density at radius 1 is 1.21 bits per heavy atom. The molecule has 1 saturated carbocycles. The Morgan fingerprint density at radius 3 is 2.54 bits per heavy atom. The van der Waals surface area contributed by atoms with Crippen molar-refractivity contribution >= 4 is 42.0 Å². The van der Waals surface area contributed by atoms with Crippen molar-refractivity contribution in [1.29, 1.82) is 0 Å². The van der Waals surface area contributed by atoms with Gasteiger partial charge in [0.2, 0.25) is 0 Å². The summed E-state index contributed by atoms with van der Waals surface area (Å²) in [7, 11) is 3.66. The Bertz CT molecular complexity index is 1110. The van der Waals surface area contributed by atoms with Crippen LogP contribution in [0.2, 0.25) is 0 Å². The number of nitrogens with one attached hydrogen (secondary N) is 1. The average molecular weight is 371 g/mol. The van der Waals surface area contributed by atoms with Crippen LogP contribution in [0.15, 0.2) is 42.5 Å². The maximum atomic E-state index is 12.7. The van der Waals surface area contributed by atoms with Crippen LogP contribution < -0.4 is 10.8 Å². The molecule has 28 heavy (non-hydrogen) atoms. The molecule has 1 fully saturated rings. The average Bonchev–Trinajstić information content (AvgIpc) is 3.46. The number of allylic oxidation sites excluding steroid dienone is 1. The fraction of sp³-hybridized carbons (Fsp3) is 0.227. The van der Waals surface area contributed by atoms with Crippen LogP contribution in [0.5, 0.6) is 0 Å². The summed E-state index contributed by atoms with van der Waals surface area (Å²) in [6, 6.07) is 12.0. The van der Waals surface area contributed by atoms with E-state index in [0.717, 1.165) is 40.5 Å². The fourth-order valence-corrected chi connectivity index (χ4v) is 3.47. The van der Waals surface area contributed by atoms with Crippen LogP contribution in [0.1, 0.15) is 47.3 Å². The van der Waals surface area contributed by atoms with E-state index < -0.39 is 0 Å². The summed E-state index contributed by atoms with van der Waals surface area (Å²) in [5, 5.41) is 8.30. The number of hydrogen-bond acceptors (Lipinski definition) is 3. The van der Waals surface area contributed by atoms with Crippen molar-refractivity contribution in [1.82, 2.24) is 15.1 Å². The molecule has 0 bridgehead atoms. The van der Waals surface area contributed by atoms with E-state index in [9.17, 15) is 9.59 Å². The highest BCUT2D eigenvalue weighted by Crippen LogP contribution is 2.43. The van der Waals surface area contributed by atoms with E-state index >= 15 is 0 Å². The molecule has 1 aliphatic rings. The Balaban J connectivity index is 1.96. The third-order valence-electron chi connectivity index (χ3n) is 5.11. The summed E-state index contributed by atoms with van der Waals surface area (Å²) in [6.45, 7) is 1.54. The summed E-state index contributed by atoms with van der Waals surface area (Å²) in [5.41, 5.74) is 5.45. The standard InChI is InChI=1S/C22H22BN3O2/c1-13(27)3-4-15-11-20-19(12-18(15)14-5-6-14)21(22(28)24-2)26(25-20)17-9-7-16(23)8-10-17/h3-4,7-12,14H,5-6,23H2,1-2H3,(H,24,28)/b4-3+. The van der Waals surface area contributed by atoms with E-state index in [0.29, 0.717) is 11.6 Å². The molecular formula is C22H22BN3O2. The predicted molar refractivity (Wildman–Crippen MR) is 114 cm³/mol. The first-order valence-electron chi connectivity index (χ1n) is 9.52. The normalized spacial score (nSPS) is 13.9. The fourth-order valence-electron chi connectivity index (χ4n) is 3.47. The number of aromatic nitrogens is 2. The highest BCUT2D eigenvalue weighted by atomic mass is 16.2. The van der Waals surface area contributed by atoms with Crippen molar-refractivity contribution in [2.75, 3.05) is 7.05 Å². The van der Waals surface area contributed by atoms with Crippen LogP contribution in [-0.2, 0) is 4.79 Å². The lowest BCUT2D eigenvalue weighted by Crippen LogP contribution is -2.22. The lowest BCUT2D eigenvalue weighted by Gasteiger charge is -2.08. The first kappa shape index (κ1) is 18.2. The van der Waals surface area contributed by atoms with Gasteiger partial charge in [0.05, 0.1) is 11.2 Å². The van der Waals surface area contributed by atoms with Gasteiger partial charge in [-0.25, -0.2) is 4.68 Å². The molecule has 1 aromatic heterocycles. The molecule has 2 aromatic carbocycles. The van der Waals surface area contributed by atoms with Gasteiger partial charge in [-0.3, -0.25) is 9.59 Å². The molecule has 0 aliphatic heterocycles. The quantitative estimate of drug-likeness (QED) is 0.552. The van der Waals surface area contributed by atoms with Gasteiger partial charge in [-0.05, 0) is 67.2 Å². The number of carbonyl (C=O) groups excluding carboxylic acids is 2. The lowest BCUT2D eigenvalue weighted by atomic mass is 9.96. The molecule has 4 rings (SSSR count). The van der Waals surface area contributed by atoms with E-state index in [1.54, 1.807) is 24.7 Å². The van der Waals surface area contributed by atoms with Gasteiger partial charge in [-0.15, -0.1) is 0 Å². The molecule has 0 spiro atoms. The Hall–Kier alpha value is -3.15. The van der Waals surface area contributed by atoms with Crippen LogP contribution in [0.3, 0.4) is 0 Å². The third kappa shape index (κ3) is 3.38. The molecule has 1 amide bonds. The molecule has 0 unspecified atom stereocenters. The summed E-state index contributed by atoms with van der Waals surface area (Å²) in [6.07, 6.45) is 5.71. The number of rotatable bonds is 5. The number of nitrogens with zero attached hydrogens (tertiary/aromatic N) is 2. The first-order chi connectivity index (χ1) is 13.5. The van der Waals surface area contributed by atoms with Gasteiger partial charge in [0.1, 0.15) is 13.5 Å².